The van der Waals surface area contributed by atoms with Crippen molar-refractivity contribution >= 4 is 27.3 Å². The molecule has 0 saturated heterocycles. The van der Waals surface area contributed by atoms with Gasteiger partial charge in [-0.05, 0) is 67.3 Å². The van der Waals surface area contributed by atoms with Crippen molar-refractivity contribution in [3.05, 3.63) is 48.0 Å². The number of ether oxygens (including phenoxy) is 1. The maximum Gasteiger partial charge on any atom is 0.264 e. The average Bonchev–Trinajstić information content (AvgIpc) is 3.09. The molecular weight excluding hydrogens is 376 g/mol. The molecule has 0 aromatic heterocycles. The van der Waals surface area contributed by atoms with Crippen LogP contribution in [0.1, 0.15) is 24.8 Å². The molecule has 1 saturated carbocycles. The zero-order valence-electron chi connectivity index (χ0n) is 16.1. The summed E-state index contributed by atoms with van der Waals surface area (Å²) in [5.41, 5.74) is 2.32. The van der Waals surface area contributed by atoms with Crippen LogP contribution in [0.2, 0.25) is 0 Å². The highest BCUT2D eigenvalue weighted by atomic mass is 32.2. The van der Waals surface area contributed by atoms with E-state index in [9.17, 15) is 13.2 Å². The van der Waals surface area contributed by atoms with Gasteiger partial charge in [-0.3, -0.25) is 9.10 Å². The molecule has 0 bridgehead atoms. The number of carbonyl (C=O) groups is 1. The van der Waals surface area contributed by atoms with Gasteiger partial charge in [-0.25, -0.2) is 8.42 Å². The molecular formula is C21H24N2O4S. The maximum absolute atomic E-state index is 13.1. The van der Waals surface area contributed by atoms with Gasteiger partial charge in [0.2, 0.25) is 5.91 Å². The highest BCUT2D eigenvalue weighted by Crippen LogP contribution is 2.36. The van der Waals surface area contributed by atoms with Crippen LogP contribution in [-0.4, -0.2) is 35.0 Å². The molecule has 1 amide bonds. The van der Waals surface area contributed by atoms with E-state index in [2.05, 4.69) is 0 Å². The number of nitrogens with zero attached hydrogens (tertiary/aromatic N) is 2. The second kappa shape index (κ2) is 7.13. The molecule has 0 radical (unpaired) electrons. The Labute approximate surface area is 165 Å². The fourth-order valence-electron chi connectivity index (χ4n) is 3.73. The second-order valence-corrected chi connectivity index (χ2v) is 9.30. The molecule has 1 heterocycles. The van der Waals surface area contributed by atoms with Crippen molar-refractivity contribution in [2.45, 2.75) is 30.6 Å². The standard InChI is InChI=1S/C21H24N2O4S/c1-22(17-6-8-18(27-2)9-7-17)28(25,26)19-10-11-20-16(14-19)12-13-23(20)21(24)15-4-3-5-15/h6-11,14-15H,3-5,12-13H2,1-2H3. The summed E-state index contributed by atoms with van der Waals surface area (Å²) >= 11 is 0. The third-order valence-corrected chi connectivity index (χ3v) is 7.54. The number of carbonyl (C=O) groups excluding carboxylic acids is 1. The van der Waals surface area contributed by atoms with Crippen LogP contribution in [0.15, 0.2) is 47.4 Å². The fourth-order valence-corrected chi connectivity index (χ4v) is 4.98. The van der Waals surface area contributed by atoms with E-state index in [0.29, 0.717) is 24.4 Å². The number of hydrogen-bond acceptors (Lipinski definition) is 4. The lowest BCUT2D eigenvalue weighted by Gasteiger charge is -2.29. The zero-order valence-corrected chi connectivity index (χ0v) is 16.9. The van der Waals surface area contributed by atoms with Crippen molar-refractivity contribution < 1.29 is 17.9 Å². The van der Waals surface area contributed by atoms with Crippen LogP contribution < -0.4 is 13.9 Å². The Bertz CT molecular complexity index is 998. The summed E-state index contributed by atoms with van der Waals surface area (Å²) in [6.45, 7) is 0.627. The van der Waals surface area contributed by atoms with Gasteiger partial charge >= 0.3 is 0 Å². The number of benzene rings is 2. The van der Waals surface area contributed by atoms with Crippen LogP contribution in [0, 0.1) is 5.92 Å². The fraction of sp³-hybridized carbons (Fsp3) is 0.381. The van der Waals surface area contributed by atoms with E-state index in [4.69, 9.17) is 4.74 Å². The van der Waals surface area contributed by atoms with Gasteiger partial charge in [0.05, 0.1) is 17.7 Å². The minimum Gasteiger partial charge on any atom is -0.497 e. The van der Waals surface area contributed by atoms with Gasteiger partial charge < -0.3 is 9.64 Å². The Hall–Kier alpha value is -2.54. The molecule has 0 unspecified atom stereocenters. The molecule has 4 rings (SSSR count). The lowest BCUT2D eigenvalue weighted by atomic mass is 9.84. The number of anilines is 2. The van der Waals surface area contributed by atoms with Crippen molar-refractivity contribution in [1.29, 1.82) is 0 Å². The van der Waals surface area contributed by atoms with Gasteiger partial charge in [0.25, 0.3) is 10.0 Å². The first-order valence-electron chi connectivity index (χ1n) is 9.49. The predicted octanol–water partition coefficient (Wildman–Crippen LogP) is 3.21. The Balaban J connectivity index is 1.59. The normalized spacial score (nSPS) is 16.4. The number of sulfonamides is 1. The van der Waals surface area contributed by atoms with Gasteiger partial charge in [-0.2, -0.15) is 0 Å². The van der Waals surface area contributed by atoms with E-state index in [-0.39, 0.29) is 16.7 Å². The van der Waals surface area contributed by atoms with Crippen LogP contribution in [0.4, 0.5) is 11.4 Å². The Morgan fingerprint density at radius 1 is 1.14 bits per heavy atom. The van der Waals surface area contributed by atoms with Crippen molar-refractivity contribution in [3.63, 3.8) is 0 Å². The largest absolute Gasteiger partial charge is 0.497 e. The molecule has 1 aliphatic carbocycles. The minimum atomic E-state index is -3.69. The number of rotatable bonds is 5. The lowest BCUT2D eigenvalue weighted by molar-refractivity contribution is -0.124. The quantitative estimate of drug-likeness (QED) is 0.773. The molecule has 2 aromatic rings. The molecule has 0 N–H and O–H groups in total. The van der Waals surface area contributed by atoms with Crippen molar-refractivity contribution in [3.8, 4) is 5.75 Å². The van der Waals surface area contributed by atoms with Crippen molar-refractivity contribution in [2.24, 2.45) is 5.92 Å². The molecule has 6 nitrogen and oxygen atoms in total. The van der Waals surface area contributed by atoms with Crippen molar-refractivity contribution in [1.82, 2.24) is 0 Å². The first-order chi connectivity index (χ1) is 13.4. The van der Waals surface area contributed by atoms with E-state index >= 15 is 0 Å². The summed E-state index contributed by atoms with van der Waals surface area (Å²) in [5, 5.41) is 0. The molecule has 0 spiro atoms. The molecule has 0 atom stereocenters. The summed E-state index contributed by atoms with van der Waals surface area (Å²) in [4.78, 5) is 14.7. The summed E-state index contributed by atoms with van der Waals surface area (Å²) in [6.07, 6.45) is 3.73. The summed E-state index contributed by atoms with van der Waals surface area (Å²) in [7, 11) is -0.585. The van der Waals surface area contributed by atoms with Gasteiger partial charge in [0.1, 0.15) is 5.75 Å². The second-order valence-electron chi connectivity index (χ2n) is 7.33. The van der Waals surface area contributed by atoms with E-state index in [0.717, 1.165) is 30.5 Å². The Morgan fingerprint density at radius 3 is 2.46 bits per heavy atom. The highest BCUT2D eigenvalue weighted by Gasteiger charge is 2.34. The number of fused-ring (bicyclic) bond motifs is 1. The van der Waals surface area contributed by atoms with Crippen LogP contribution >= 0.6 is 0 Å². The monoisotopic (exact) mass is 400 g/mol. The first kappa shape index (κ1) is 18.8. The van der Waals surface area contributed by atoms with Crippen LogP contribution in [0.25, 0.3) is 0 Å². The van der Waals surface area contributed by atoms with E-state index < -0.39 is 10.0 Å². The summed E-state index contributed by atoms with van der Waals surface area (Å²) < 4.78 is 32.6. The molecule has 2 aliphatic rings. The zero-order chi connectivity index (χ0) is 19.9. The number of methoxy groups -OCH3 is 1. The van der Waals surface area contributed by atoms with E-state index in [1.165, 1.54) is 11.4 Å². The van der Waals surface area contributed by atoms with Gasteiger partial charge in [-0.15, -0.1) is 0 Å². The lowest BCUT2D eigenvalue weighted by Crippen LogP contribution is -2.37. The number of hydrogen-bond donors (Lipinski definition) is 0. The van der Waals surface area contributed by atoms with Gasteiger partial charge in [-0.1, -0.05) is 6.42 Å². The van der Waals surface area contributed by atoms with Gasteiger partial charge in [0, 0.05) is 25.2 Å². The Morgan fingerprint density at radius 2 is 1.86 bits per heavy atom. The van der Waals surface area contributed by atoms with Crippen LogP contribution in [-0.2, 0) is 21.2 Å². The molecule has 1 aliphatic heterocycles. The molecule has 1 fully saturated rings. The maximum atomic E-state index is 13.1. The number of amides is 1. The molecule has 28 heavy (non-hydrogen) atoms. The highest BCUT2D eigenvalue weighted by molar-refractivity contribution is 7.92. The Kier molecular flexibility index (Phi) is 4.79. The molecule has 7 heteroatoms. The smallest absolute Gasteiger partial charge is 0.264 e. The topological polar surface area (TPSA) is 66.9 Å². The third-order valence-electron chi connectivity index (χ3n) is 5.76. The minimum absolute atomic E-state index is 0.135. The van der Waals surface area contributed by atoms with Gasteiger partial charge in [0.15, 0.2) is 0 Å². The van der Waals surface area contributed by atoms with E-state index in [1.807, 2.05) is 4.90 Å². The summed E-state index contributed by atoms with van der Waals surface area (Å²) in [5.74, 6) is 0.981. The molecule has 2 aromatic carbocycles. The van der Waals surface area contributed by atoms with Crippen molar-refractivity contribution in [2.75, 3.05) is 29.9 Å². The van der Waals surface area contributed by atoms with E-state index in [1.54, 1.807) is 49.6 Å². The molecule has 148 valence electrons. The van der Waals surface area contributed by atoms with Crippen LogP contribution in [0.3, 0.4) is 0 Å². The predicted molar refractivity (Wildman–Crippen MR) is 108 cm³/mol. The summed E-state index contributed by atoms with van der Waals surface area (Å²) in [6, 6.07) is 12.0. The van der Waals surface area contributed by atoms with Crippen LogP contribution in [0.5, 0.6) is 5.75 Å². The third kappa shape index (κ3) is 3.13. The average molecular weight is 401 g/mol. The first-order valence-corrected chi connectivity index (χ1v) is 10.9. The SMILES string of the molecule is COc1ccc(N(C)S(=O)(=O)c2ccc3c(c2)CCN3C(=O)C2CCC2)cc1.